The SMILES string of the molecule is CCOc1cccc(NCc2ccc(C)o2)n1. The lowest BCUT2D eigenvalue weighted by Crippen LogP contribution is -2.02. The number of nitrogens with one attached hydrogen (secondary N) is 1. The van der Waals surface area contributed by atoms with Crippen LogP contribution in [0.3, 0.4) is 0 Å². The molecule has 2 aromatic heterocycles. The molecule has 17 heavy (non-hydrogen) atoms. The molecule has 0 saturated carbocycles. The predicted octanol–water partition coefficient (Wildman–Crippen LogP) is 2.99. The van der Waals surface area contributed by atoms with Gasteiger partial charge >= 0.3 is 0 Å². The Bertz CT molecular complexity index is 480. The number of aromatic nitrogens is 1. The van der Waals surface area contributed by atoms with Gasteiger partial charge in [-0.1, -0.05) is 6.07 Å². The third-order valence-corrected chi connectivity index (χ3v) is 2.26. The minimum atomic E-state index is 0.619. The standard InChI is InChI=1S/C13H16N2O2/c1-3-16-13-6-4-5-12(15-13)14-9-11-8-7-10(2)17-11/h4-8H,3,9H2,1-2H3,(H,14,15). The molecule has 0 radical (unpaired) electrons. The van der Waals surface area contributed by atoms with Crippen LogP contribution in [0.1, 0.15) is 18.4 Å². The van der Waals surface area contributed by atoms with Gasteiger partial charge in [-0.05, 0) is 32.0 Å². The average molecular weight is 232 g/mol. The molecule has 0 spiro atoms. The van der Waals surface area contributed by atoms with Gasteiger partial charge in [-0.25, -0.2) is 0 Å². The third kappa shape index (κ3) is 3.24. The molecule has 0 aliphatic heterocycles. The van der Waals surface area contributed by atoms with Gasteiger partial charge in [-0.3, -0.25) is 0 Å². The van der Waals surface area contributed by atoms with E-state index in [1.807, 2.05) is 44.2 Å². The van der Waals surface area contributed by atoms with E-state index in [2.05, 4.69) is 10.3 Å². The molecule has 0 unspecified atom stereocenters. The molecule has 2 heterocycles. The largest absolute Gasteiger partial charge is 0.478 e. The smallest absolute Gasteiger partial charge is 0.215 e. The Morgan fingerprint density at radius 1 is 1.29 bits per heavy atom. The van der Waals surface area contributed by atoms with Crippen LogP contribution in [-0.2, 0) is 6.54 Å². The quantitative estimate of drug-likeness (QED) is 0.860. The van der Waals surface area contributed by atoms with Gasteiger partial charge in [0, 0.05) is 6.07 Å². The van der Waals surface area contributed by atoms with Crippen LogP contribution < -0.4 is 10.1 Å². The summed E-state index contributed by atoms with van der Waals surface area (Å²) >= 11 is 0. The first-order chi connectivity index (χ1) is 8.28. The van der Waals surface area contributed by atoms with Crippen LogP contribution in [0.2, 0.25) is 0 Å². The summed E-state index contributed by atoms with van der Waals surface area (Å²) in [5.41, 5.74) is 0. The highest BCUT2D eigenvalue weighted by Gasteiger charge is 2.00. The van der Waals surface area contributed by atoms with Crippen LogP contribution in [0.15, 0.2) is 34.7 Å². The van der Waals surface area contributed by atoms with Gasteiger partial charge in [0.1, 0.15) is 17.3 Å². The summed E-state index contributed by atoms with van der Waals surface area (Å²) in [6.45, 7) is 5.11. The molecule has 0 atom stereocenters. The molecule has 1 N–H and O–H groups in total. The van der Waals surface area contributed by atoms with E-state index < -0.39 is 0 Å². The van der Waals surface area contributed by atoms with Crippen molar-refractivity contribution >= 4 is 5.82 Å². The van der Waals surface area contributed by atoms with Crippen molar-refractivity contribution in [3.63, 3.8) is 0 Å². The fourth-order valence-corrected chi connectivity index (χ4v) is 1.50. The first-order valence-corrected chi connectivity index (χ1v) is 5.67. The lowest BCUT2D eigenvalue weighted by molar-refractivity contribution is 0.327. The minimum absolute atomic E-state index is 0.619. The summed E-state index contributed by atoms with van der Waals surface area (Å²) in [7, 11) is 0. The molecular weight excluding hydrogens is 216 g/mol. The number of ether oxygens (including phenoxy) is 1. The first kappa shape index (κ1) is 11.5. The summed E-state index contributed by atoms with van der Waals surface area (Å²) in [4.78, 5) is 4.31. The lowest BCUT2D eigenvalue weighted by Gasteiger charge is -2.06. The number of hydrogen-bond donors (Lipinski definition) is 1. The second-order valence-electron chi connectivity index (χ2n) is 3.66. The molecular formula is C13H16N2O2. The van der Waals surface area contributed by atoms with E-state index in [4.69, 9.17) is 9.15 Å². The van der Waals surface area contributed by atoms with E-state index in [-0.39, 0.29) is 0 Å². The van der Waals surface area contributed by atoms with Crippen LogP contribution in [0, 0.1) is 6.92 Å². The number of pyridine rings is 1. The van der Waals surface area contributed by atoms with Crippen molar-refractivity contribution < 1.29 is 9.15 Å². The highest BCUT2D eigenvalue weighted by atomic mass is 16.5. The lowest BCUT2D eigenvalue weighted by atomic mass is 10.4. The molecule has 2 aromatic rings. The van der Waals surface area contributed by atoms with Crippen LogP contribution in [-0.4, -0.2) is 11.6 Å². The Kier molecular flexibility index (Phi) is 3.65. The van der Waals surface area contributed by atoms with E-state index in [9.17, 15) is 0 Å². The molecule has 2 rings (SSSR count). The number of rotatable bonds is 5. The maximum atomic E-state index is 5.46. The highest BCUT2D eigenvalue weighted by molar-refractivity contribution is 5.37. The van der Waals surface area contributed by atoms with Crippen molar-refractivity contribution in [2.24, 2.45) is 0 Å². The zero-order valence-electron chi connectivity index (χ0n) is 10.1. The monoisotopic (exact) mass is 232 g/mol. The average Bonchev–Trinajstić information content (AvgIpc) is 2.74. The molecule has 0 aliphatic carbocycles. The predicted molar refractivity (Wildman–Crippen MR) is 66.2 cm³/mol. The maximum Gasteiger partial charge on any atom is 0.215 e. The second kappa shape index (κ2) is 5.39. The topological polar surface area (TPSA) is 47.3 Å². The fraction of sp³-hybridized carbons (Fsp3) is 0.308. The molecule has 4 nitrogen and oxygen atoms in total. The summed E-state index contributed by atoms with van der Waals surface area (Å²) in [6, 6.07) is 9.55. The van der Waals surface area contributed by atoms with E-state index in [0.29, 0.717) is 19.0 Å². The van der Waals surface area contributed by atoms with Crippen molar-refractivity contribution in [3.8, 4) is 5.88 Å². The van der Waals surface area contributed by atoms with Gasteiger partial charge in [0.05, 0.1) is 13.2 Å². The van der Waals surface area contributed by atoms with Crippen LogP contribution in [0.4, 0.5) is 5.82 Å². The molecule has 0 aliphatic rings. The van der Waals surface area contributed by atoms with Crippen LogP contribution in [0.25, 0.3) is 0 Å². The number of hydrogen-bond acceptors (Lipinski definition) is 4. The summed E-state index contributed by atoms with van der Waals surface area (Å²) in [5, 5.41) is 3.19. The number of nitrogens with zero attached hydrogens (tertiary/aromatic N) is 1. The number of furan rings is 1. The maximum absolute atomic E-state index is 5.46. The van der Waals surface area contributed by atoms with E-state index in [1.54, 1.807) is 0 Å². The number of anilines is 1. The molecule has 0 fully saturated rings. The van der Waals surface area contributed by atoms with Gasteiger partial charge in [-0.2, -0.15) is 4.98 Å². The van der Waals surface area contributed by atoms with Gasteiger partial charge in [0.2, 0.25) is 5.88 Å². The van der Waals surface area contributed by atoms with Crippen molar-refractivity contribution in [2.45, 2.75) is 20.4 Å². The molecule has 4 heteroatoms. The Morgan fingerprint density at radius 2 is 2.18 bits per heavy atom. The van der Waals surface area contributed by atoms with Crippen molar-refractivity contribution in [1.82, 2.24) is 4.98 Å². The van der Waals surface area contributed by atoms with E-state index in [0.717, 1.165) is 17.3 Å². The van der Waals surface area contributed by atoms with Gasteiger partial charge < -0.3 is 14.5 Å². The van der Waals surface area contributed by atoms with Crippen molar-refractivity contribution in [3.05, 3.63) is 41.9 Å². The van der Waals surface area contributed by atoms with Gasteiger partial charge in [-0.15, -0.1) is 0 Å². The Hall–Kier alpha value is -1.97. The Morgan fingerprint density at radius 3 is 2.88 bits per heavy atom. The Labute approximate surface area is 101 Å². The van der Waals surface area contributed by atoms with Crippen LogP contribution in [0.5, 0.6) is 5.88 Å². The zero-order valence-corrected chi connectivity index (χ0v) is 10.1. The second-order valence-corrected chi connectivity index (χ2v) is 3.66. The molecule has 0 amide bonds. The summed E-state index contributed by atoms with van der Waals surface area (Å²) < 4.78 is 10.8. The van der Waals surface area contributed by atoms with Crippen molar-refractivity contribution in [2.75, 3.05) is 11.9 Å². The van der Waals surface area contributed by atoms with Gasteiger partial charge in [0.15, 0.2) is 0 Å². The van der Waals surface area contributed by atoms with E-state index >= 15 is 0 Å². The normalized spacial score (nSPS) is 10.2. The highest BCUT2D eigenvalue weighted by Crippen LogP contribution is 2.13. The van der Waals surface area contributed by atoms with Crippen LogP contribution >= 0.6 is 0 Å². The molecule has 0 saturated heterocycles. The number of aryl methyl sites for hydroxylation is 1. The molecule has 0 aromatic carbocycles. The molecule has 90 valence electrons. The minimum Gasteiger partial charge on any atom is -0.478 e. The zero-order chi connectivity index (χ0) is 12.1. The summed E-state index contributed by atoms with van der Waals surface area (Å²) in [5.74, 6) is 3.22. The van der Waals surface area contributed by atoms with Crippen molar-refractivity contribution in [1.29, 1.82) is 0 Å². The fourth-order valence-electron chi connectivity index (χ4n) is 1.50. The Balaban J connectivity index is 1.96. The van der Waals surface area contributed by atoms with Gasteiger partial charge in [0.25, 0.3) is 0 Å². The first-order valence-electron chi connectivity index (χ1n) is 5.67. The summed E-state index contributed by atoms with van der Waals surface area (Å²) in [6.07, 6.45) is 0. The third-order valence-electron chi connectivity index (χ3n) is 2.26. The molecule has 0 bridgehead atoms. The van der Waals surface area contributed by atoms with E-state index in [1.165, 1.54) is 0 Å².